The summed E-state index contributed by atoms with van der Waals surface area (Å²) in [5.41, 5.74) is 6.23. The number of anilines is 2. The first kappa shape index (κ1) is 26.1. The van der Waals surface area contributed by atoms with E-state index in [1.54, 1.807) is 6.07 Å². The quantitative estimate of drug-likeness (QED) is 0.327. The van der Waals surface area contributed by atoms with Crippen LogP contribution in [0.25, 0.3) is 32.1 Å². The number of halogens is 3. The van der Waals surface area contributed by atoms with Gasteiger partial charge in [-0.05, 0) is 36.5 Å². The van der Waals surface area contributed by atoms with Crippen molar-refractivity contribution in [1.29, 1.82) is 5.26 Å². The monoisotopic (exact) mass is 595 g/mol. The molecule has 4 heterocycles. The molecule has 3 N–H and O–H groups in total. The van der Waals surface area contributed by atoms with Crippen molar-refractivity contribution in [3.05, 3.63) is 40.4 Å². The number of nitrogens with zero attached hydrogens (tertiary/aromatic N) is 5. The van der Waals surface area contributed by atoms with Gasteiger partial charge in [0.05, 0.1) is 22.4 Å². The summed E-state index contributed by atoms with van der Waals surface area (Å²) in [6, 6.07) is 6.36. The fraction of sp³-hybridized carbons (Fsp3) is 0.357. The van der Waals surface area contributed by atoms with Gasteiger partial charge in [-0.3, -0.25) is 10.1 Å². The van der Waals surface area contributed by atoms with Crippen LogP contribution in [0.5, 0.6) is 6.01 Å². The number of aromatic nitrogens is 2. The highest BCUT2D eigenvalue weighted by Crippen LogP contribution is 2.46. The molecule has 2 aliphatic heterocycles. The number of methoxy groups -OCH3 is 1. The molecule has 1 saturated carbocycles. The van der Waals surface area contributed by atoms with Crippen LogP contribution in [0.1, 0.15) is 18.4 Å². The first-order valence-electron chi connectivity index (χ1n) is 13.2. The lowest BCUT2D eigenvalue weighted by atomic mass is 9.97. The van der Waals surface area contributed by atoms with Crippen LogP contribution < -0.4 is 20.7 Å². The third kappa shape index (κ3) is 4.22. The molecule has 7 rings (SSSR count). The second kappa shape index (κ2) is 9.65. The fourth-order valence-corrected chi connectivity index (χ4v) is 7.07. The summed E-state index contributed by atoms with van der Waals surface area (Å²) in [5, 5.41) is 13.8. The fourth-order valence-electron chi connectivity index (χ4n) is 5.82. The Labute approximate surface area is 242 Å². The molecule has 2 aromatic heterocycles. The second-order valence-corrected chi connectivity index (χ2v) is 12.0. The van der Waals surface area contributed by atoms with E-state index in [1.165, 1.54) is 32.1 Å². The van der Waals surface area contributed by atoms with Gasteiger partial charge >= 0.3 is 6.01 Å². The summed E-state index contributed by atoms with van der Waals surface area (Å²) in [4.78, 5) is 25.6. The molecule has 210 valence electrons. The summed E-state index contributed by atoms with van der Waals surface area (Å²) < 4.78 is 36.5. The SMILES string of the molecule is COc1nc(N2CCN(C(=O)[C@H]3N[C@H]3C3CC3)CC2)c2cc(Cl)c(-c3ccc(F)c4sc(N)c(C#N)c34)c(F)c2n1. The van der Waals surface area contributed by atoms with Crippen LogP contribution >= 0.6 is 22.9 Å². The average molecular weight is 596 g/mol. The molecule has 13 heteroatoms. The number of thiophene rings is 1. The van der Waals surface area contributed by atoms with E-state index in [4.69, 9.17) is 22.1 Å². The molecule has 2 aromatic carbocycles. The largest absolute Gasteiger partial charge is 0.467 e. The summed E-state index contributed by atoms with van der Waals surface area (Å²) in [5.74, 6) is -0.126. The van der Waals surface area contributed by atoms with Crippen LogP contribution in [0, 0.1) is 28.9 Å². The number of hydrogen-bond donors (Lipinski definition) is 2. The van der Waals surface area contributed by atoms with Crippen molar-refractivity contribution < 1.29 is 18.3 Å². The van der Waals surface area contributed by atoms with E-state index in [1.807, 2.05) is 15.9 Å². The normalized spacial score (nSPS) is 20.5. The minimum Gasteiger partial charge on any atom is -0.467 e. The minimum absolute atomic E-state index is 0.0252. The molecule has 3 fully saturated rings. The Hall–Kier alpha value is -3.79. The van der Waals surface area contributed by atoms with Gasteiger partial charge in [0, 0.05) is 48.6 Å². The molecule has 0 unspecified atom stereocenters. The average Bonchev–Trinajstić information content (AvgIpc) is 3.90. The van der Waals surface area contributed by atoms with Gasteiger partial charge in [0.1, 0.15) is 34.3 Å². The van der Waals surface area contributed by atoms with Gasteiger partial charge in [0.15, 0.2) is 5.82 Å². The third-order valence-corrected chi connectivity index (χ3v) is 9.46. The predicted molar refractivity (Wildman–Crippen MR) is 153 cm³/mol. The maximum absolute atomic E-state index is 16.4. The van der Waals surface area contributed by atoms with Crippen LogP contribution in [-0.2, 0) is 4.79 Å². The molecule has 1 aliphatic carbocycles. The van der Waals surface area contributed by atoms with Crippen LogP contribution in [-0.4, -0.2) is 66.1 Å². The molecule has 9 nitrogen and oxygen atoms in total. The Bertz CT molecular complexity index is 1800. The van der Waals surface area contributed by atoms with Crippen molar-refractivity contribution in [3.63, 3.8) is 0 Å². The summed E-state index contributed by atoms with van der Waals surface area (Å²) >= 11 is 7.64. The molecule has 1 amide bonds. The number of nitrogens with one attached hydrogen (secondary N) is 1. The summed E-state index contributed by atoms with van der Waals surface area (Å²) in [6.45, 7) is 1.98. The van der Waals surface area contributed by atoms with E-state index < -0.39 is 11.6 Å². The topological polar surface area (TPSA) is 130 Å². The number of amides is 1. The van der Waals surface area contributed by atoms with E-state index >= 15 is 4.39 Å². The summed E-state index contributed by atoms with van der Waals surface area (Å²) in [7, 11) is 1.39. The van der Waals surface area contributed by atoms with Gasteiger partial charge in [-0.2, -0.15) is 15.2 Å². The van der Waals surface area contributed by atoms with Crippen molar-refractivity contribution >= 4 is 60.7 Å². The van der Waals surface area contributed by atoms with Crippen molar-refractivity contribution in [2.45, 2.75) is 24.9 Å². The maximum atomic E-state index is 16.4. The Morgan fingerprint density at radius 2 is 2.00 bits per heavy atom. The molecule has 2 atom stereocenters. The number of carbonyl (C=O) groups excluding carboxylic acids is 1. The van der Waals surface area contributed by atoms with Gasteiger partial charge in [0.25, 0.3) is 0 Å². The number of carbonyl (C=O) groups is 1. The molecule has 0 bridgehead atoms. The van der Waals surface area contributed by atoms with Crippen molar-refractivity contribution in [3.8, 4) is 23.2 Å². The van der Waals surface area contributed by atoms with Crippen LogP contribution in [0.3, 0.4) is 0 Å². The lowest BCUT2D eigenvalue weighted by Gasteiger charge is -2.36. The molecule has 3 aliphatic rings. The van der Waals surface area contributed by atoms with Gasteiger partial charge in [-0.1, -0.05) is 17.7 Å². The van der Waals surface area contributed by atoms with E-state index in [-0.39, 0.29) is 60.3 Å². The van der Waals surface area contributed by atoms with E-state index in [2.05, 4.69) is 15.3 Å². The first-order chi connectivity index (χ1) is 19.8. The zero-order valence-corrected chi connectivity index (χ0v) is 23.5. The summed E-state index contributed by atoms with van der Waals surface area (Å²) in [6.07, 6.45) is 2.37. The number of piperazine rings is 1. The Kier molecular flexibility index (Phi) is 6.15. The number of nitriles is 1. The zero-order valence-electron chi connectivity index (χ0n) is 21.9. The van der Waals surface area contributed by atoms with Crippen molar-refractivity contribution in [2.24, 2.45) is 5.92 Å². The molecule has 0 spiro atoms. The highest BCUT2D eigenvalue weighted by molar-refractivity contribution is 7.23. The number of rotatable bonds is 5. The van der Waals surface area contributed by atoms with Crippen molar-refractivity contribution in [2.75, 3.05) is 43.9 Å². The predicted octanol–water partition coefficient (Wildman–Crippen LogP) is 4.30. The first-order valence-corrected chi connectivity index (χ1v) is 14.4. The Morgan fingerprint density at radius 1 is 1.24 bits per heavy atom. The number of nitrogens with two attached hydrogens (primary N) is 1. The van der Waals surface area contributed by atoms with Crippen LogP contribution in [0.4, 0.5) is 19.6 Å². The Balaban J connectivity index is 1.27. The molecule has 2 saturated heterocycles. The van der Waals surface area contributed by atoms with Gasteiger partial charge in [0.2, 0.25) is 5.91 Å². The molecule has 4 aromatic rings. The molecule has 0 radical (unpaired) electrons. The maximum Gasteiger partial charge on any atom is 0.318 e. The van der Waals surface area contributed by atoms with Gasteiger partial charge in [-0.15, -0.1) is 11.3 Å². The van der Waals surface area contributed by atoms with E-state index in [0.29, 0.717) is 49.3 Å². The van der Waals surface area contributed by atoms with Crippen LogP contribution in [0.2, 0.25) is 5.02 Å². The second-order valence-electron chi connectivity index (χ2n) is 10.5. The standard InChI is InChI=1S/C28H24ClF2N7O2S/c1-40-28-35-22-14(26(36-28)37-6-8-38(9-7-37)27(39)23-21(34-23)12-2-3-12)10-16(29)19(20(22)31)13-4-5-17(30)24-18(13)15(11-32)25(33)41-24/h4-5,10,12,21,23,34H,2-3,6-9,33H2,1H3/t21-,23-/m0/s1. The van der Waals surface area contributed by atoms with Gasteiger partial charge < -0.3 is 20.3 Å². The highest BCUT2D eigenvalue weighted by Gasteiger charge is 2.52. The molecular formula is C28H24ClF2N7O2S. The Morgan fingerprint density at radius 3 is 2.68 bits per heavy atom. The van der Waals surface area contributed by atoms with E-state index in [0.717, 1.165) is 11.3 Å². The van der Waals surface area contributed by atoms with Crippen LogP contribution in [0.15, 0.2) is 18.2 Å². The highest BCUT2D eigenvalue weighted by atomic mass is 35.5. The number of hydrogen-bond acceptors (Lipinski definition) is 9. The zero-order chi connectivity index (χ0) is 28.6. The lowest BCUT2D eigenvalue weighted by molar-refractivity contribution is -0.131. The third-order valence-electron chi connectivity index (χ3n) is 8.13. The smallest absolute Gasteiger partial charge is 0.318 e. The molecular weight excluding hydrogens is 572 g/mol. The number of nitrogen functional groups attached to an aromatic ring is 1. The van der Waals surface area contributed by atoms with Gasteiger partial charge in [-0.25, -0.2) is 8.78 Å². The van der Waals surface area contributed by atoms with Crippen molar-refractivity contribution in [1.82, 2.24) is 20.2 Å². The number of fused-ring (bicyclic) bond motifs is 2. The minimum atomic E-state index is -0.754. The lowest BCUT2D eigenvalue weighted by Crippen LogP contribution is -2.50. The number of benzene rings is 2. The molecule has 41 heavy (non-hydrogen) atoms. The number of ether oxygens (including phenoxy) is 1. The van der Waals surface area contributed by atoms with E-state index in [9.17, 15) is 14.4 Å².